The normalized spacial score (nSPS) is 19.9. The van der Waals surface area contributed by atoms with Gasteiger partial charge >= 0.3 is 6.18 Å². The molecule has 1 fully saturated rings. The predicted octanol–water partition coefficient (Wildman–Crippen LogP) is 1.43. The highest BCUT2D eigenvalue weighted by Crippen LogP contribution is 2.25. The number of carbonyl (C=O) groups excluding carboxylic acids is 1. The molecule has 1 saturated heterocycles. The summed E-state index contributed by atoms with van der Waals surface area (Å²) in [5.41, 5.74) is 0. The van der Waals surface area contributed by atoms with Gasteiger partial charge in [0, 0.05) is 19.1 Å². The van der Waals surface area contributed by atoms with Crippen LogP contribution in [0.3, 0.4) is 0 Å². The second kappa shape index (κ2) is 6.70. The second-order valence-corrected chi connectivity index (χ2v) is 7.69. The average Bonchev–Trinajstić information content (AvgIpc) is 2.33. The lowest BCUT2D eigenvalue weighted by Gasteiger charge is -2.37. The molecule has 0 aromatic heterocycles. The molecular formula is C11H18ClF3N2O3S. The number of hydrogen-bond donors (Lipinski definition) is 0. The van der Waals surface area contributed by atoms with Crippen molar-refractivity contribution in [1.29, 1.82) is 0 Å². The van der Waals surface area contributed by atoms with Crippen molar-refractivity contribution in [1.82, 2.24) is 9.21 Å². The molecule has 5 nitrogen and oxygen atoms in total. The summed E-state index contributed by atoms with van der Waals surface area (Å²) in [5, 5.41) is -0.706. The highest BCUT2D eigenvalue weighted by atomic mass is 35.5. The van der Waals surface area contributed by atoms with E-state index in [-0.39, 0.29) is 31.8 Å². The molecule has 10 heteroatoms. The van der Waals surface area contributed by atoms with Gasteiger partial charge in [0.1, 0.15) is 11.9 Å². The Bertz CT molecular complexity index is 474. The standard InChI is InChI=1S/C11H18ClF3N2O3S/c1-8(12)10(18)16-5-3-9(4-6-16)17(21(2,19)20)7-11(13,14)15/h8-9H,3-7H2,1-2H3. The second-order valence-electron chi connectivity index (χ2n) is 5.10. The Hall–Kier alpha value is -0.540. The van der Waals surface area contributed by atoms with Crippen LogP contribution in [0.2, 0.25) is 0 Å². The summed E-state index contributed by atoms with van der Waals surface area (Å²) in [7, 11) is -3.97. The van der Waals surface area contributed by atoms with Crippen molar-refractivity contribution in [3.8, 4) is 0 Å². The van der Waals surface area contributed by atoms with Gasteiger partial charge in [0.2, 0.25) is 15.9 Å². The van der Waals surface area contributed by atoms with Gasteiger partial charge in [-0.05, 0) is 19.8 Å². The van der Waals surface area contributed by atoms with E-state index >= 15 is 0 Å². The molecule has 1 atom stereocenters. The van der Waals surface area contributed by atoms with Crippen LogP contribution in [-0.4, -0.2) is 67.0 Å². The van der Waals surface area contributed by atoms with Gasteiger partial charge in [0.25, 0.3) is 0 Å². The minimum Gasteiger partial charge on any atom is -0.341 e. The van der Waals surface area contributed by atoms with Crippen LogP contribution < -0.4 is 0 Å². The third-order valence-corrected chi connectivity index (χ3v) is 4.75. The number of likely N-dealkylation sites (tertiary alicyclic amines) is 1. The third-order valence-electron chi connectivity index (χ3n) is 3.28. The Balaban J connectivity index is 2.75. The minimum absolute atomic E-state index is 0.165. The maximum absolute atomic E-state index is 12.5. The fourth-order valence-corrected chi connectivity index (χ4v) is 3.59. The Morgan fingerprint density at radius 3 is 2.19 bits per heavy atom. The number of alkyl halides is 4. The largest absolute Gasteiger partial charge is 0.402 e. The number of hydrogen-bond acceptors (Lipinski definition) is 3. The van der Waals surface area contributed by atoms with Gasteiger partial charge in [-0.1, -0.05) is 0 Å². The fourth-order valence-electron chi connectivity index (χ4n) is 2.32. The molecule has 21 heavy (non-hydrogen) atoms. The predicted molar refractivity (Wildman–Crippen MR) is 72.5 cm³/mol. The summed E-state index contributed by atoms with van der Waals surface area (Å²) in [5.74, 6) is -0.295. The zero-order chi connectivity index (χ0) is 16.4. The molecule has 0 aromatic rings. The molecule has 0 N–H and O–H groups in total. The van der Waals surface area contributed by atoms with Crippen molar-refractivity contribution in [3.63, 3.8) is 0 Å². The molecule has 0 aromatic carbocycles. The third kappa shape index (κ3) is 5.63. The van der Waals surface area contributed by atoms with E-state index in [1.165, 1.54) is 11.8 Å². The summed E-state index contributed by atoms with van der Waals surface area (Å²) in [4.78, 5) is 13.1. The molecule has 1 amide bonds. The van der Waals surface area contributed by atoms with E-state index in [1.54, 1.807) is 0 Å². The molecule has 0 spiro atoms. The maximum atomic E-state index is 12.5. The van der Waals surface area contributed by atoms with Crippen molar-refractivity contribution < 1.29 is 26.4 Å². The van der Waals surface area contributed by atoms with Crippen LogP contribution in [0, 0.1) is 0 Å². The van der Waals surface area contributed by atoms with Gasteiger partial charge in [-0.25, -0.2) is 8.42 Å². The van der Waals surface area contributed by atoms with Crippen molar-refractivity contribution >= 4 is 27.5 Å². The molecule has 1 unspecified atom stereocenters. The van der Waals surface area contributed by atoms with Gasteiger partial charge in [-0.15, -0.1) is 11.6 Å². The summed E-state index contributed by atoms with van der Waals surface area (Å²) in [6.07, 6.45) is -3.51. The quantitative estimate of drug-likeness (QED) is 0.721. The lowest BCUT2D eigenvalue weighted by molar-refractivity contribution is -0.142. The number of nitrogens with zero attached hydrogens (tertiary/aromatic N) is 2. The smallest absolute Gasteiger partial charge is 0.341 e. The van der Waals surface area contributed by atoms with Crippen molar-refractivity contribution in [2.45, 2.75) is 37.4 Å². The zero-order valence-electron chi connectivity index (χ0n) is 11.7. The molecular weight excluding hydrogens is 333 g/mol. The number of piperidine rings is 1. The topological polar surface area (TPSA) is 57.7 Å². The van der Waals surface area contributed by atoms with Crippen LogP contribution in [0.5, 0.6) is 0 Å². The van der Waals surface area contributed by atoms with Gasteiger partial charge in [-0.3, -0.25) is 4.79 Å². The van der Waals surface area contributed by atoms with Crippen molar-refractivity contribution in [2.75, 3.05) is 25.9 Å². The molecule has 1 aliphatic heterocycles. The van der Waals surface area contributed by atoms with Crippen LogP contribution in [0.25, 0.3) is 0 Å². The van der Waals surface area contributed by atoms with Crippen LogP contribution in [0.1, 0.15) is 19.8 Å². The summed E-state index contributed by atoms with van der Waals surface area (Å²) in [6.45, 7) is 0.410. The van der Waals surface area contributed by atoms with E-state index in [0.717, 1.165) is 6.26 Å². The number of carbonyl (C=O) groups is 1. The van der Waals surface area contributed by atoms with Crippen LogP contribution in [0.4, 0.5) is 13.2 Å². The monoisotopic (exact) mass is 350 g/mol. The van der Waals surface area contributed by atoms with E-state index in [2.05, 4.69) is 0 Å². The average molecular weight is 351 g/mol. The molecule has 1 aliphatic rings. The van der Waals surface area contributed by atoms with Gasteiger partial charge in [-0.2, -0.15) is 17.5 Å². The fraction of sp³-hybridized carbons (Fsp3) is 0.909. The Morgan fingerprint density at radius 1 is 1.38 bits per heavy atom. The lowest BCUT2D eigenvalue weighted by Crippen LogP contribution is -2.51. The zero-order valence-corrected chi connectivity index (χ0v) is 13.3. The van der Waals surface area contributed by atoms with E-state index in [1.807, 2.05) is 0 Å². The molecule has 124 valence electrons. The van der Waals surface area contributed by atoms with Gasteiger partial charge < -0.3 is 4.90 Å². The molecule has 0 radical (unpaired) electrons. The Labute approximate surface area is 127 Å². The molecule has 1 heterocycles. The van der Waals surface area contributed by atoms with Crippen LogP contribution >= 0.6 is 11.6 Å². The van der Waals surface area contributed by atoms with E-state index in [9.17, 15) is 26.4 Å². The Kier molecular flexibility index (Phi) is 5.91. The van der Waals surface area contributed by atoms with Crippen molar-refractivity contribution in [3.05, 3.63) is 0 Å². The first-order chi connectivity index (χ1) is 9.42. The summed E-state index contributed by atoms with van der Waals surface area (Å²) >= 11 is 5.67. The SMILES string of the molecule is CC(Cl)C(=O)N1CCC(N(CC(F)(F)F)S(C)(=O)=O)CC1. The Morgan fingerprint density at radius 2 is 1.86 bits per heavy atom. The highest BCUT2D eigenvalue weighted by molar-refractivity contribution is 7.88. The summed E-state index contributed by atoms with van der Waals surface area (Å²) in [6, 6.07) is -0.753. The number of sulfonamides is 1. The molecule has 1 rings (SSSR count). The van der Waals surface area contributed by atoms with Gasteiger partial charge in [0.05, 0.1) is 6.26 Å². The highest BCUT2D eigenvalue weighted by Gasteiger charge is 2.40. The van der Waals surface area contributed by atoms with E-state index < -0.39 is 34.2 Å². The van der Waals surface area contributed by atoms with Gasteiger partial charge in [0.15, 0.2) is 0 Å². The molecule has 0 saturated carbocycles. The maximum Gasteiger partial charge on any atom is 0.402 e. The number of rotatable bonds is 4. The lowest BCUT2D eigenvalue weighted by atomic mass is 10.0. The molecule has 0 bridgehead atoms. The number of halogens is 4. The van der Waals surface area contributed by atoms with E-state index in [4.69, 9.17) is 11.6 Å². The van der Waals surface area contributed by atoms with Crippen molar-refractivity contribution in [2.24, 2.45) is 0 Å². The first kappa shape index (κ1) is 18.5. The summed E-state index contributed by atoms with van der Waals surface area (Å²) < 4.78 is 61.1. The number of amides is 1. The molecule has 0 aliphatic carbocycles. The minimum atomic E-state index is -4.60. The van der Waals surface area contributed by atoms with Crippen LogP contribution in [-0.2, 0) is 14.8 Å². The first-order valence-corrected chi connectivity index (χ1v) is 8.66. The first-order valence-electron chi connectivity index (χ1n) is 6.38. The van der Waals surface area contributed by atoms with E-state index in [0.29, 0.717) is 4.31 Å². The van der Waals surface area contributed by atoms with Crippen LogP contribution in [0.15, 0.2) is 0 Å².